The third kappa shape index (κ3) is 10.3. The van der Waals surface area contributed by atoms with Crippen LogP contribution in [0.2, 0.25) is 0 Å². The van der Waals surface area contributed by atoms with Gasteiger partial charge in [0, 0.05) is 13.2 Å². The van der Waals surface area contributed by atoms with Crippen LogP contribution < -0.4 is 9.47 Å². The third-order valence-corrected chi connectivity index (χ3v) is 5.54. The van der Waals surface area contributed by atoms with E-state index >= 15 is 0 Å². The monoisotopic (exact) mass is 468 g/mol. The van der Waals surface area contributed by atoms with Crippen LogP contribution in [0.5, 0.6) is 11.5 Å². The number of ether oxygens (including phenoxy) is 6. The van der Waals surface area contributed by atoms with Crippen molar-refractivity contribution in [3.63, 3.8) is 0 Å². The number of epoxide rings is 2. The van der Waals surface area contributed by atoms with Gasteiger partial charge in [-0.2, -0.15) is 0 Å². The number of hydrogen-bond donors (Lipinski definition) is 0. The topological polar surface area (TPSA) is 62.0 Å². The van der Waals surface area contributed by atoms with Gasteiger partial charge in [0.05, 0.1) is 39.6 Å². The van der Waals surface area contributed by atoms with Crippen LogP contribution in [0.25, 0.3) is 12.2 Å². The molecule has 4 rings (SSSR count). The van der Waals surface area contributed by atoms with Gasteiger partial charge in [-0.1, -0.05) is 36.4 Å². The van der Waals surface area contributed by atoms with E-state index in [-0.39, 0.29) is 0 Å². The van der Waals surface area contributed by atoms with Crippen LogP contribution in [0, 0.1) is 0 Å². The summed E-state index contributed by atoms with van der Waals surface area (Å²) in [6.07, 6.45) is 8.87. The molecular formula is C28H36O6. The average molecular weight is 469 g/mol. The maximum absolute atomic E-state index is 5.82. The number of unbranched alkanes of at least 4 members (excludes halogenated alkanes) is 2. The lowest BCUT2D eigenvalue weighted by Gasteiger charge is -2.07. The van der Waals surface area contributed by atoms with Gasteiger partial charge in [-0.05, 0) is 61.1 Å². The van der Waals surface area contributed by atoms with E-state index in [0.29, 0.717) is 25.4 Å². The molecule has 6 heteroatoms. The fraction of sp³-hybridized carbons (Fsp3) is 0.500. The second-order valence-corrected chi connectivity index (χ2v) is 8.64. The Morgan fingerprint density at radius 1 is 0.588 bits per heavy atom. The highest BCUT2D eigenvalue weighted by atomic mass is 16.6. The van der Waals surface area contributed by atoms with Crippen molar-refractivity contribution in [3.8, 4) is 11.5 Å². The van der Waals surface area contributed by atoms with E-state index < -0.39 is 0 Å². The minimum absolute atomic E-state index is 0.343. The molecule has 2 atom stereocenters. The molecule has 2 aliphatic heterocycles. The van der Waals surface area contributed by atoms with Crippen molar-refractivity contribution in [1.82, 2.24) is 0 Å². The fourth-order valence-electron chi connectivity index (χ4n) is 3.29. The van der Waals surface area contributed by atoms with Crippen LogP contribution in [0.1, 0.15) is 36.8 Å². The lowest BCUT2D eigenvalue weighted by molar-refractivity contribution is 0.110. The first-order chi connectivity index (χ1) is 16.8. The van der Waals surface area contributed by atoms with Crippen molar-refractivity contribution in [2.45, 2.75) is 37.9 Å². The van der Waals surface area contributed by atoms with Gasteiger partial charge in [-0.15, -0.1) is 0 Å². The highest BCUT2D eigenvalue weighted by molar-refractivity contribution is 5.70. The molecule has 2 saturated heterocycles. The molecule has 0 amide bonds. The van der Waals surface area contributed by atoms with Gasteiger partial charge >= 0.3 is 0 Å². The van der Waals surface area contributed by atoms with Crippen LogP contribution in [0.15, 0.2) is 48.5 Å². The Labute approximate surface area is 202 Å². The largest absolute Gasteiger partial charge is 0.494 e. The lowest BCUT2D eigenvalue weighted by atomic mass is 10.1. The lowest BCUT2D eigenvalue weighted by Crippen LogP contribution is -2.04. The number of hydrogen-bond acceptors (Lipinski definition) is 6. The van der Waals surface area contributed by atoms with E-state index in [1.54, 1.807) is 0 Å². The predicted molar refractivity (Wildman–Crippen MR) is 132 cm³/mol. The minimum atomic E-state index is 0.343. The molecule has 0 saturated carbocycles. The summed E-state index contributed by atoms with van der Waals surface area (Å²) < 4.78 is 32.9. The second-order valence-electron chi connectivity index (χ2n) is 8.64. The highest BCUT2D eigenvalue weighted by Gasteiger charge is 2.22. The van der Waals surface area contributed by atoms with Gasteiger partial charge in [-0.3, -0.25) is 0 Å². The normalized spacial score (nSPS) is 18.8. The zero-order valence-electron chi connectivity index (χ0n) is 19.9. The van der Waals surface area contributed by atoms with E-state index in [4.69, 9.17) is 28.4 Å². The summed E-state index contributed by atoms with van der Waals surface area (Å²) in [6, 6.07) is 16.4. The quantitative estimate of drug-likeness (QED) is 0.174. The Balaban J connectivity index is 1.06. The van der Waals surface area contributed by atoms with Gasteiger partial charge < -0.3 is 28.4 Å². The molecule has 0 bridgehead atoms. The van der Waals surface area contributed by atoms with Crippen molar-refractivity contribution in [2.24, 2.45) is 0 Å². The van der Waals surface area contributed by atoms with Crippen LogP contribution in [0.4, 0.5) is 0 Å². The molecule has 2 aliphatic rings. The Kier molecular flexibility index (Phi) is 10.3. The molecule has 2 aromatic rings. The van der Waals surface area contributed by atoms with Gasteiger partial charge in [0.2, 0.25) is 0 Å². The van der Waals surface area contributed by atoms with Gasteiger partial charge in [0.15, 0.2) is 0 Å². The minimum Gasteiger partial charge on any atom is -0.494 e. The maximum Gasteiger partial charge on any atom is 0.119 e. The predicted octanol–water partition coefficient (Wildman–Crippen LogP) is 5.01. The number of benzene rings is 2. The SMILES string of the molecule is C(=C\c1ccc(OCCCCOCC2CO2)cc1)/c1ccc(OCCCCOCC2CO2)cc1. The fourth-order valence-corrected chi connectivity index (χ4v) is 3.29. The molecule has 0 spiro atoms. The van der Waals surface area contributed by atoms with Crippen LogP contribution in [-0.4, -0.2) is 65.1 Å². The molecule has 0 N–H and O–H groups in total. The van der Waals surface area contributed by atoms with Crippen LogP contribution in [0.3, 0.4) is 0 Å². The smallest absolute Gasteiger partial charge is 0.119 e. The molecule has 0 aromatic heterocycles. The summed E-state index contributed by atoms with van der Waals surface area (Å²) in [5.41, 5.74) is 2.28. The van der Waals surface area contributed by atoms with Crippen LogP contribution in [-0.2, 0) is 18.9 Å². The molecule has 2 fully saturated rings. The van der Waals surface area contributed by atoms with Gasteiger partial charge in [0.1, 0.15) is 23.7 Å². The van der Waals surface area contributed by atoms with Crippen molar-refractivity contribution < 1.29 is 28.4 Å². The first-order valence-corrected chi connectivity index (χ1v) is 12.4. The maximum atomic E-state index is 5.82. The van der Waals surface area contributed by atoms with E-state index in [0.717, 1.165) is 88.0 Å². The molecule has 2 aromatic carbocycles. The molecule has 2 unspecified atom stereocenters. The summed E-state index contributed by atoms with van der Waals surface area (Å²) in [5.74, 6) is 1.80. The molecule has 0 radical (unpaired) electrons. The van der Waals surface area contributed by atoms with E-state index in [2.05, 4.69) is 36.4 Å². The average Bonchev–Trinajstić information content (AvgIpc) is 3.79. The Hall–Kier alpha value is -2.38. The van der Waals surface area contributed by atoms with Gasteiger partial charge in [-0.25, -0.2) is 0 Å². The summed E-state index contributed by atoms with van der Waals surface area (Å²) in [5, 5.41) is 0. The summed E-state index contributed by atoms with van der Waals surface area (Å²) >= 11 is 0. The molecule has 6 nitrogen and oxygen atoms in total. The Morgan fingerprint density at radius 3 is 1.35 bits per heavy atom. The summed E-state index contributed by atoms with van der Waals surface area (Å²) in [6.45, 7) is 6.10. The Bertz CT molecular complexity index is 769. The molecule has 2 heterocycles. The standard InChI is InChI=1S/C28H36O6/c1(15-29-19-27-21-33-27)3-17-31-25-11-7-23(8-12-25)5-6-24-9-13-26(14-10-24)32-18-4-2-16-30-20-28-22-34-28/h5-14,27-28H,1-4,15-22H2/b6-5+. The van der Waals surface area contributed by atoms with E-state index in [1.165, 1.54) is 0 Å². The van der Waals surface area contributed by atoms with Crippen molar-refractivity contribution in [1.29, 1.82) is 0 Å². The molecule has 34 heavy (non-hydrogen) atoms. The summed E-state index contributed by atoms with van der Waals surface area (Å²) in [7, 11) is 0. The van der Waals surface area contributed by atoms with Gasteiger partial charge in [0.25, 0.3) is 0 Å². The first-order valence-electron chi connectivity index (χ1n) is 12.4. The summed E-state index contributed by atoms with van der Waals surface area (Å²) in [4.78, 5) is 0. The number of rotatable bonds is 18. The van der Waals surface area contributed by atoms with E-state index in [1.807, 2.05) is 24.3 Å². The Morgan fingerprint density at radius 2 is 0.971 bits per heavy atom. The van der Waals surface area contributed by atoms with E-state index in [9.17, 15) is 0 Å². The second kappa shape index (κ2) is 14.1. The third-order valence-electron chi connectivity index (χ3n) is 5.54. The van der Waals surface area contributed by atoms with Crippen molar-refractivity contribution in [2.75, 3.05) is 52.9 Å². The molecule has 184 valence electrons. The first kappa shape index (κ1) is 24.7. The van der Waals surface area contributed by atoms with Crippen molar-refractivity contribution in [3.05, 3.63) is 59.7 Å². The molecule has 0 aliphatic carbocycles. The zero-order valence-corrected chi connectivity index (χ0v) is 19.9. The van der Waals surface area contributed by atoms with Crippen molar-refractivity contribution >= 4 is 12.2 Å². The molecular weight excluding hydrogens is 432 g/mol. The zero-order chi connectivity index (χ0) is 23.3. The highest BCUT2D eigenvalue weighted by Crippen LogP contribution is 2.17. The van der Waals surface area contributed by atoms with Crippen LogP contribution >= 0.6 is 0 Å².